The summed E-state index contributed by atoms with van der Waals surface area (Å²) >= 11 is 1.59. The standard InChI is InChI=1S/C16H18N2O2S/c1-3-19-13-4-6-14(7-5-13)20-11-9-16-18-12(2)15(21-16)8-10-17/h4-7H,3,8-9,11H2,1-2H3. The molecule has 1 aromatic heterocycles. The van der Waals surface area contributed by atoms with Crippen LogP contribution in [0, 0.1) is 18.3 Å². The van der Waals surface area contributed by atoms with Gasteiger partial charge in [0, 0.05) is 11.3 Å². The smallest absolute Gasteiger partial charge is 0.119 e. The Morgan fingerprint density at radius 2 is 1.86 bits per heavy atom. The van der Waals surface area contributed by atoms with Crippen LogP contribution in [0.3, 0.4) is 0 Å². The SMILES string of the molecule is CCOc1ccc(OCCc2nc(C)c(CC#N)s2)cc1. The highest BCUT2D eigenvalue weighted by molar-refractivity contribution is 7.11. The zero-order valence-corrected chi connectivity index (χ0v) is 13.1. The normalized spacial score (nSPS) is 10.1. The molecule has 0 amide bonds. The molecule has 4 nitrogen and oxygen atoms in total. The first-order valence-electron chi connectivity index (χ1n) is 6.90. The first-order valence-corrected chi connectivity index (χ1v) is 7.72. The van der Waals surface area contributed by atoms with Crippen molar-refractivity contribution in [1.82, 2.24) is 4.98 Å². The van der Waals surface area contributed by atoms with Crippen LogP contribution in [-0.2, 0) is 12.8 Å². The molecule has 0 aliphatic rings. The number of benzene rings is 1. The van der Waals surface area contributed by atoms with Gasteiger partial charge in [0.15, 0.2) is 0 Å². The van der Waals surface area contributed by atoms with Crippen molar-refractivity contribution in [3.63, 3.8) is 0 Å². The van der Waals surface area contributed by atoms with Crippen LogP contribution < -0.4 is 9.47 Å². The largest absolute Gasteiger partial charge is 0.494 e. The van der Waals surface area contributed by atoms with Gasteiger partial charge >= 0.3 is 0 Å². The predicted molar refractivity (Wildman–Crippen MR) is 83.0 cm³/mol. The number of hydrogen-bond donors (Lipinski definition) is 0. The summed E-state index contributed by atoms with van der Waals surface area (Å²) in [6.07, 6.45) is 1.19. The minimum absolute atomic E-state index is 0.434. The maximum atomic E-state index is 8.73. The second-order valence-electron chi connectivity index (χ2n) is 4.45. The zero-order chi connectivity index (χ0) is 15.1. The third-order valence-electron chi connectivity index (χ3n) is 2.90. The molecule has 2 rings (SSSR count). The van der Waals surface area contributed by atoms with E-state index in [0.29, 0.717) is 19.6 Å². The maximum absolute atomic E-state index is 8.73. The Bertz CT molecular complexity index is 614. The average molecular weight is 302 g/mol. The van der Waals surface area contributed by atoms with Gasteiger partial charge in [-0.25, -0.2) is 4.98 Å². The van der Waals surface area contributed by atoms with Gasteiger partial charge in [-0.3, -0.25) is 0 Å². The maximum Gasteiger partial charge on any atom is 0.119 e. The number of ether oxygens (including phenoxy) is 2. The van der Waals surface area contributed by atoms with Crippen molar-refractivity contribution in [3.05, 3.63) is 39.8 Å². The van der Waals surface area contributed by atoms with E-state index in [1.807, 2.05) is 38.1 Å². The minimum Gasteiger partial charge on any atom is -0.494 e. The van der Waals surface area contributed by atoms with Crippen LogP contribution in [0.25, 0.3) is 0 Å². The van der Waals surface area contributed by atoms with Crippen LogP contribution in [0.5, 0.6) is 11.5 Å². The summed E-state index contributed by atoms with van der Waals surface area (Å²) in [6.45, 7) is 5.14. The fourth-order valence-corrected chi connectivity index (χ4v) is 2.87. The van der Waals surface area contributed by atoms with Gasteiger partial charge in [0.2, 0.25) is 0 Å². The van der Waals surface area contributed by atoms with E-state index in [2.05, 4.69) is 11.1 Å². The zero-order valence-electron chi connectivity index (χ0n) is 12.3. The lowest BCUT2D eigenvalue weighted by Gasteiger charge is -2.06. The van der Waals surface area contributed by atoms with Crippen molar-refractivity contribution < 1.29 is 9.47 Å². The van der Waals surface area contributed by atoms with Crippen molar-refractivity contribution >= 4 is 11.3 Å². The van der Waals surface area contributed by atoms with Gasteiger partial charge in [-0.1, -0.05) is 0 Å². The molecule has 0 N–H and O–H groups in total. The molecule has 0 fully saturated rings. The third-order valence-corrected chi connectivity index (χ3v) is 4.11. The van der Waals surface area contributed by atoms with Crippen molar-refractivity contribution in [2.45, 2.75) is 26.7 Å². The topological polar surface area (TPSA) is 55.1 Å². The van der Waals surface area contributed by atoms with Crippen LogP contribution in [0.2, 0.25) is 0 Å². The number of rotatable bonds is 7. The van der Waals surface area contributed by atoms with E-state index in [0.717, 1.165) is 33.5 Å². The summed E-state index contributed by atoms with van der Waals surface area (Å²) < 4.78 is 11.1. The molecule has 1 aromatic carbocycles. The van der Waals surface area contributed by atoms with Gasteiger partial charge in [-0.2, -0.15) is 5.26 Å². The molecule has 1 heterocycles. The highest BCUT2D eigenvalue weighted by Crippen LogP contribution is 2.20. The van der Waals surface area contributed by atoms with E-state index in [1.165, 1.54) is 0 Å². The Labute approximate surface area is 129 Å². The molecule has 0 aliphatic carbocycles. The van der Waals surface area contributed by atoms with Gasteiger partial charge in [0.05, 0.1) is 36.4 Å². The lowest BCUT2D eigenvalue weighted by Crippen LogP contribution is -2.01. The van der Waals surface area contributed by atoms with Crippen LogP contribution in [-0.4, -0.2) is 18.2 Å². The van der Waals surface area contributed by atoms with Gasteiger partial charge < -0.3 is 9.47 Å². The Balaban J connectivity index is 1.83. The third kappa shape index (κ3) is 4.47. The van der Waals surface area contributed by atoms with E-state index in [9.17, 15) is 0 Å². The molecule has 110 valence electrons. The van der Waals surface area contributed by atoms with Crippen LogP contribution >= 0.6 is 11.3 Å². The number of hydrogen-bond acceptors (Lipinski definition) is 5. The molecule has 0 spiro atoms. The number of thiazole rings is 1. The molecule has 0 saturated heterocycles. The second kappa shape index (κ2) is 7.65. The summed E-state index contributed by atoms with van der Waals surface area (Å²) in [5, 5.41) is 9.75. The van der Waals surface area contributed by atoms with Gasteiger partial charge in [0.1, 0.15) is 11.5 Å². The highest BCUT2D eigenvalue weighted by Gasteiger charge is 2.07. The van der Waals surface area contributed by atoms with E-state index < -0.39 is 0 Å². The number of nitriles is 1. The molecular formula is C16H18N2O2S. The lowest BCUT2D eigenvalue weighted by atomic mass is 10.3. The van der Waals surface area contributed by atoms with E-state index in [4.69, 9.17) is 14.7 Å². The van der Waals surface area contributed by atoms with E-state index >= 15 is 0 Å². The van der Waals surface area contributed by atoms with Crippen molar-refractivity contribution in [1.29, 1.82) is 5.26 Å². The quantitative estimate of drug-likeness (QED) is 0.785. The van der Waals surface area contributed by atoms with Gasteiger partial charge in [-0.05, 0) is 38.1 Å². The molecule has 0 unspecified atom stereocenters. The summed E-state index contributed by atoms with van der Waals surface area (Å²) in [5.41, 5.74) is 0.956. The molecule has 0 aliphatic heterocycles. The van der Waals surface area contributed by atoms with E-state index in [-0.39, 0.29) is 0 Å². The average Bonchev–Trinajstić information content (AvgIpc) is 2.82. The number of nitrogens with zero attached hydrogens (tertiary/aromatic N) is 2. The fourth-order valence-electron chi connectivity index (χ4n) is 1.89. The number of aromatic nitrogens is 1. The second-order valence-corrected chi connectivity index (χ2v) is 5.62. The molecular weight excluding hydrogens is 284 g/mol. The van der Waals surface area contributed by atoms with Crippen LogP contribution in [0.15, 0.2) is 24.3 Å². The molecule has 0 saturated carbocycles. The van der Waals surface area contributed by atoms with Crippen molar-refractivity contribution in [3.8, 4) is 17.6 Å². The fraction of sp³-hybridized carbons (Fsp3) is 0.375. The minimum atomic E-state index is 0.434. The molecule has 21 heavy (non-hydrogen) atoms. The molecule has 5 heteroatoms. The Morgan fingerprint density at radius 1 is 1.19 bits per heavy atom. The summed E-state index contributed by atoms with van der Waals surface area (Å²) in [5.74, 6) is 1.67. The first kappa shape index (κ1) is 15.3. The molecule has 0 atom stereocenters. The predicted octanol–water partition coefficient (Wildman–Crippen LogP) is 3.54. The van der Waals surface area contributed by atoms with Gasteiger partial charge in [0.25, 0.3) is 0 Å². The Kier molecular flexibility index (Phi) is 5.59. The van der Waals surface area contributed by atoms with E-state index in [1.54, 1.807) is 11.3 Å². The summed E-state index contributed by atoms with van der Waals surface area (Å²) in [6, 6.07) is 9.77. The molecule has 0 radical (unpaired) electrons. The van der Waals surface area contributed by atoms with Crippen LogP contribution in [0.1, 0.15) is 22.5 Å². The van der Waals surface area contributed by atoms with Crippen molar-refractivity contribution in [2.24, 2.45) is 0 Å². The van der Waals surface area contributed by atoms with Crippen LogP contribution in [0.4, 0.5) is 0 Å². The van der Waals surface area contributed by atoms with Crippen molar-refractivity contribution in [2.75, 3.05) is 13.2 Å². The van der Waals surface area contributed by atoms with Gasteiger partial charge in [-0.15, -0.1) is 11.3 Å². The molecule has 2 aromatic rings. The Morgan fingerprint density at radius 3 is 2.48 bits per heavy atom. The highest BCUT2D eigenvalue weighted by atomic mass is 32.1. The Hall–Kier alpha value is -2.06. The lowest BCUT2D eigenvalue weighted by molar-refractivity contribution is 0.318. The number of aryl methyl sites for hydroxylation is 1. The monoisotopic (exact) mass is 302 g/mol. The summed E-state index contributed by atoms with van der Waals surface area (Å²) in [7, 11) is 0. The summed E-state index contributed by atoms with van der Waals surface area (Å²) in [4.78, 5) is 5.52. The molecule has 0 bridgehead atoms. The first-order chi connectivity index (χ1) is 10.2.